The third-order valence-corrected chi connectivity index (χ3v) is 6.20. The van der Waals surface area contributed by atoms with E-state index in [2.05, 4.69) is 32.8 Å². The third-order valence-electron chi connectivity index (χ3n) is 5.04. The van der Waals surface area contributed by atoms with Crippen LogP contribution in [0.3, 0.4) is 0 Å². The van der Waals surface area contributed by atoms with Gasteiger partial charge in [-0.25, -0.2) is 0 Å². The first-order valence-corrected chi connectivity index (χ1v) is 10.6. The molecule has 6 heteroatoms. The van der Waals surface area contributed by atoms with Crippen molar-refractivity contribution in [3.05, 3.63) is 57.2 Å². The van der Waals surface area contributed by atoms with Gasteiger partial charge in [0.25, 0.3) is 5.91 Å². The van der Waals surface area contributed by atoms with Crippen molar-refractivity contribution in [2.45, 2.75) is 26.7 Å². The van der Waals surface area contributed by atoms with Crippen molar-refractivity contribution in [3.8, 4) is 0 Å². The second-order valence-corrected chi connectivity index (χ2v) is 8.14. The molecule has 0 saturated carbocycles. The van der Waals surface area contributed by atoms with E-state index in [1.807, 2.05) is 56.3 Å². The van der Waals surface area contributed by atoms with E-state index in [9.17, 15) is 9.59 Å². The largest absolute Gasteiger partial charge is 0.466 e. The van der Waals surface area contributed by atoms with Gasteiger partial charge in [0.2, 0.25) is 0 Å². The van der Waals surface area contributed by atoms with E-state index in [1.54, 1.807) is 0 Å². The van der Waals surface area contributed by atoms with Gasteiger partial charge in [-0.1, -0.05) is 6.07 Å². The minimum absolute atomic E-state index is 0.00134. The number of nitrogens with zero attached hydrogens (tertiary/aromatic N) is 1. The summed E-state index contributed by atoms with van der Waals surface area (Å²) in [7, 11) is 0. The minimum Gasteiger partial charge on any atom is -0.466 e. The molecule has 0 atom stereocenters. The van der Waals surface area contributed by atoms with Gasteiger partial charge in [-0.3, -0.25) is 9.59 Å². The fourth-order valence-electron chi connectivity index (χ4n) is 3.33. The van der Waals surface area contributed by atoms with Crippen LogP contribution in [0.15, 0.2) is 42.5 Å². The van der Waals surface area contributed by atoms with Crippen LogP contribution in [0.1, 0.15) is 35.7 Å². The summed E-state index contributed by atoms with van der Waals surface area (Å²) in [5.74, 6) is -0.203. The molecule has 1 fully saturated rings. The maximum absolute atomic E-state index is 12.5. The summed E-state index contributed by atoms with van der Waals surface area (Å²) in [5.41, 5.74) is 3.68. The van der Waals surface area contributed by atoms with E-state index in [4.69, 9.17) is 4.74 Å². The second kappa shape index (κ2) is 9.41. The van der Waals surface area contributed by atoms with Gasteiger partial charge in [-0.2, -0.15) is 0 Å². The number of halogens is 1. The zero-order valence-electron chi connectivity index (χ0n) is 16.2. The number of aryl methyl sites for hydroxylation is 1. The number of amides is 1. The minimum atomic E-state index is -0.118. The Kier molecular flexibility index (Phi) is 6.93. The highest BCUT2D eigenvalue weighted by atomic mass is 127. The van der Waals surface area contributed by atoms with Gasteiger partial charge in [0.15, 0.2) is 0 Å². The summed E-state index contributed by atoms with van der Waals surface area (Å²) in [5, 5.41) is 2.95. The summed E-state index contributed by atoms with van der Waals surface area (Å²) in [6, 6.07) is 13.5. The van der Waals surface area contributed by atoms with Crippen LogP contribution in [0.25, 0.3) is 0 Å². The molecule has 0 aliphatic carbocycles. The van der Waals surface area contributed by atoms with Crippen LogP contribution < -0.4 is 10.2 Å². The molecule has 1 amide bonds. The lowest BCUT2D eigenvalue weighted by Crippen LogP contribution is -2.37. The number of carbonyl (C=O) groups excluding carboxylic acids is 2. The maximum atomic E-state index is 12.5. The molecule has 0 aromatic heterocycles. The number of hydrogen-bond acceptors (Lipinski definition) is 4. The highest BCUT2D eigenvalue weighted by Crippen LogP contribution is 2.25. The number of carbonyl (C=O) groups is 2. The molecule has 1 saturated heterocycles. The highest BCUT2D eigenvalue weighted by molar-refractivity contribution is 14.1. The molecule has 2 aromatic rings. The number of anilines is 2. The van der Waals surface area contributed by atoms with E-state index >= 15 is 0 Å². The molecular weight excluding hydrogens is 467 g/mol. The van der Waals surface area contributed by atoms with E-state index in [1.165, 1.54) is 5.56 Å². The summed E-state index contributed by atoms with van der Waals surface area (Å²) < 4.78 is 6.25. The zero-order valence-corrected chi connectivity index (χ0v) is 18.4. The third kappa shape index (κ3) is 5.04. The lowest BCUT2D eigenvalue weighted by Gasteiger charge is -2.32. The molecule has 1 aliphatic heterocycles. The van der Waals surface area contributed by atoms with Crippen molar-refractivity contribution in [3.63, 3.8) is 0 Å². The predicted octanol–water partition coefficient (Wildman–Crippen LogP) is 4.63. The van der Waals surface area contributed by atoms with E-state index < -0.39 is 0 Å². The topological polar surface area (TPSA) is 58.6 Å². The molecule has 148 valence electrons. The van der Waals surface area contributed by atoms with Gasteiger partial charge < -0.3 is 15.0 Å². The van der Waals surface area contributed by atoms with Crippen molar-refractivity contribution in [1.29, 1.82) is 0 Å². The Hall–Kier alpha value is -2.09. The second-order valence-electron chi connectivity index (χ2n) is 6.98. The molecule has 1 N–H and O–H groups in total. The molecule has 0 spiro atoms. The number of benzene rings is 2. The number of ether oxygens (including phenoxy) is 1. The Morgan fingerprint density at radius 2 is 1.82 bits per heavy atom. The number of hydrogen-bond donors (Lipinski definition) is 1. The van der Waals surface area contributed by atoms with Crippen LogP contribution >= 0.6 is 22.6 Å². The van der Waals surface area contributed by atoms with E-state index in [0.717, 1.165) is 40.9 Å². The molecule has 3 rings (SSSR count). The standard InChI is InChI=1S/C22H25IN2O3/c1-3-28-22(27)17-10-12-25(13-11-17)19-8-5-16(6-9-19)21(26)24-18-7-4-15(2)20(23)14-18/h4-9,14,17H,3,10-13H2,1-2H3,(H,24,26). The van der Waals surface area contributed by atoms with Crippen molar-refractivity contribution < 1.29 is 14.3 Å². The van der Waals surface area contributed by atoms with E-state index in [-0.39, 0.29) is 17.8 Å². The van der Waals surface area contributed by atoms with Crippen molar-refractivity contribution >= 4 is 45.8 Å². The fraction of sp³-hybridized carbons (Fsp3) is 0.364. The Morgan fingerprint density at radius 3 is 2.43 bits per heavy atom. The smallest absolute Gasteiger partial charge is 0.309 e. The monoisotopic (exact) mass is 492 g/mol. The molecule has 0 unspecified atom stereocenters. The Morgan fingerprint density at radius 1 is 1.14 bits per heavy atom. The normalized spacial score (nSPS) is 14.6. The van der Waals surface area contributed by atoms with Crippen molar-refractivity contribution in [1.82, 2.24) is 0 Å². The van der Waals surface area contributed by atoms with Gasteiger partial charge in [-0.05, 0) is 91.2 Å². The van der Waals surface area contributed by atoms with Crippen LogP contribution in [0.4, 0.5) is 11.4 Å². The molecule has 1 aliphatic rings. The summed E-state index contributed by atoms with van der Waals surface area (Å²) in [4.78, 5) is 26.6. The summed E-state index contributed by atoms with van der Waals surface area (Å²) in [6.45, 7) is 5.95. The van der Waals surface area contributed by atoms with Crippen LogP contribution in [-0.2, 0) is 9.53 Å². The molecule has 28 heavy (non-hydrogen) atoms. The van der Waals surface area contributed by atoms with Gasteiger partial charge in [0, 0.05) is 33.6 Å². The molecular formula is C22H25IN2O3. The van der Waals surface area contributed by atoms with Gasteiger partial charge in [0.1, 0.15) is 0 Å². The lowest BCUT2D eigenvalue weighted by atomic mass is 9.96. The number of rotatable bonds is 5. The Labute approximate surface area is 179 Å². The zero-order chi connectivity index (χ0) is 20.1. The van der Waals surface area contributed by atoms with Crippen molar-refractivity contribution in [2.75, 3.05) is 29.9 Å². The van der Waals surface area contributed by atoms with Gasteiger partial charge in [0.05, 0.1) is 12.5 Å². The molecule has 0 bridgehead atoms. The maximum Gasteiger partial charge on any atom is 0.309 e. The van der Waals surface area contributed by atoms with Crippen LogP contribution in [0.2, 0.25) is 0 Å². The fourth-order valence-corrected chi connectivity index (χ4v) is 3.85. The first kappa shape index (κ1) is 20.6. The van der Waals surface area contributed by atoms with Gasteiger partial charge in [-0.15, -0.1) is 0 Å². The molecule has 5 nitrogen and oxygen atoms in total. The molecule has 1 heterocycles. The number of piperidine rings is 1. The lowest BCUT2D eigenvalue weighted by molar-refractivity contribution is -0.148. The van der Waals surface area contributed by atoms with Crippen LogP contribution in [-0.4, -0.2) is 31.6 Å². The van der Waals surface area contributed by atoms with Crippen LogP contribution in [0, 0.1) is 16.4 Å². The van der Waals surface area contributed by atoms with Gasteiger partial charge >= 0.3 is 5.97 Å². The van der Waals surface area contributed by atoms with E-state index in [0.29, 0.717) is 12.2 Å². The summed E-state index contributed by atoms with van der Waals surface area (Å²) in [6.07, 6.45) is 1.60. The Balaban J connectivity index is 1.58. The number of nitrogens with one attached hydrogen (secondary N) is 1. The predicted molar refractivity (Wildman–Crippen MR) is 120 cm³/mol. The summed E-state index contributed by atoms with van der Waals surface area (Å²) >= 11 is 2.26. The average Bonchev–Trinajstić information content (AvgIpc) is 2.71. The highest BCUT2D eigenvalue weighted by Gasteiger charge is 2.26. The van der Waals surface area contributed by atoms with Crippen LogP contribution in [0.5, 0.6) is 0 Å². The molecule has 2 aromatic carbocycles. The quantitative estimate of drug-likeness (QED) is 0.489. The Bertz CT molecular complexity index is 843. The first-order chi connectivity index (χ1) is 13.5. The number of esters is 1. The SMILES string of the molecule is CCOC(=O)C1CCN(c2ccc(C(=O)Nc3ccc(C)c(I)c3)cc2)CC1. The molecule has 0 radical (unpaired) electrons. The first-order valence-electron chi connectivity index (χ1n) is 9.57. The van der Waals surface area contributed by atoms with Crippen molar-refractivity contribution in [2.24, 2.45) is 5.92 Å². The average molecular weight is 492 g/mol.